The maximum absolute atomic E-state index is 11.6. The zero-order chi connectivity index (χ0) is 11.5. The predicted octanol–water partition coefficient (Wildman–Crippen LogP) is 0.401. The lowest BCUT2D eigenvalue weighted by molar-refractivity contribution is -0.139. The van der Waals surface area contributed by atoms with Crippen LogP contribution in [0.3, 0.4) is 0 Å². The van der Waals surface area contributed by atoms with Gasteiger partial charge in [0.15, 0.2) is 0 Å². The van der Waals surface area contributed by atoms with Crippen molar-refractivity contribution in [1.82, 2.24) is 9.62 Å². The number of nitrogens with one attached hydrogen (secondary N) is 1. The lowest BCUT2D eigenvalue weighted by Gasteiger charge is -2.34. The molecular weight excluding hydrogens is 224 g/mol. The van der Waals surface area contributed by atoms with Crippen molar-refractivity contribution < 1.29 is 9.59 Å². The van der Waals surface area contributed by atoms with Gasteiger partial charge in [-0.2, -0.15) is 0 Å². The molecule has 0 aliphatic carbocycles. The van der Waals surface area contributed by atoms with Crippen molar-refractivity contribution in [3.8, 4) is 0 Å². The molecule has 0 radical (unpaired) electrons. The van der Waals surface area contributed by atoms with E-state index in [1.807, 2.05) is 30.3 Å². The third kappa shape index (κ3) is 2.36. The van der Waals surface area contributed by atoms with Crippen LogP contribution in [0.4, 0.5) is 0 Å². The van der Waals surface area contributed by atoms with Gasteiger partial charge in [-0.25, -0.2) is 0 Å². The van der Waals surface area contributed by atoms with Gasteiger partial charge in [-0.3, -0.25) is 13.9 Å². The smallest absolute Gasteiger partial charge is 0.256 e. The Morgan fingerprint density at radius 3 is 2.69 bits per heavy atom. The zero-order valence-electron chi connectivity index (χ0n) is 8.59. The molecule has 1 aromatic rings. The molecular formula is C11H12N2O2S. The molecule has 0 unspecified atom stereocenters. The van der Waals surface area contributed by atoms with Crippen molar-refractivity contribution in [3.05, 3.63) is 35.9 Å². The molecule has 2 rings (SSSR count). The number of hydrogen-bond donors (Lipinski definition) is 2. The second-order valence-electron chi connectivity index (χ2n) is 3.70. The summed E-state index contributed by atoms with van der Waals surface area (Å²) >= 11 is 3.89. The second-order valence-corrected chi connectivity index (χ2v) is 4.19. The third-order valence-corrected chi connectivity index (χ3v) is 2.81. The molecule has 1 aliphatic rings. The first kappa shape index (κ1) is 11.0. The number of nitrogens with zero attached hydrogens (tertiary/aromatic N) is 1. The van der Waals surface area contributed by atoms with Gasteiger partial charge in [0.2, 0.25) is 5.91 Å². The first-order chi connectivity index (χ1) is 7.66. The summed E-state index contributed by atoms with van der Waals surface area (Å²) in [6.45, 7) is 0.475. The molecule has 1 aromatic carbocycles. The van der Waals surface area contributed by atoms with Crippen molar-refractivity contribution in [2.75, 3.05) is 6.54 Å². The number of β-lactam (4-membered cyclic amide) rings is 1. The van der Waals surface area contributed by atoms with Crippen LogP contribution in [-0.4, -0.2) is 28.7 Å². The van der Waals surface area contributed by atoms with Crippen molar-refractivity contribution >= 4 is 24.6 Å². The molecule has 1 fully saturated rings. The van der Waals surface area contributed by atoms with Crippen LogP contribution >= 0.6 is 12.8 Å². The van der Waals surface area contributed by atoms with Crippen LogP contribution in [0.5, 0.6) is 0 Å². The number of benzene rings is 1. The fraction of sp³-hybridized carbons (Fsp3) is 0.273. The topological polar surface area (TPSA) is 49.4 Å². The van der Waals surface area contributed by atoms with Gasteiger partial charge in [-0.1, -0.05) is 43.1 Å². The van der Waals surface area contributed by atoms with Crippen LogP contribution < -0.4 is 5.32 Å². The lowest BCUT2D eigenvalue weighted by atomic mass is 10.1. The highest BCUT2D eigenvalue weighted by atomic mass is 32.1. The van der Waals surface area contributed by atoms with Crippen LogP contribution in [0.2, 0.25) is 0 Å². The van der Waals surface area contributed by atoms with Crippen LogP contribution in [0.15, 0.2) is 30.3 Å². The summed E-state index contributed by atoms with van der Waals surface area (Å²) in [5, 5.41) is 2.67. The zero-order valence-corrected chi connectivity index (χ0v) is 9.48. The van der Waals surface area contributed by atoms with E-state index in [2.05, 4.69) is 18.1 Å². The van der Waals surface area contributed by atoms with E-state index < -0.39 is 6.04 Å². The number of thiol groups is 1. The first-order valence-electron chi connectivity index (χ1n) is 5.00. The lowest BCUT2D eigenvalue weighted by Crippen LogP contribution is -2.60. The van der Waals surface area contributed by atoms with Gasteiger partial charge < -0.3 is 5.32 Å². The normalized spacial score (nSPS) is 19.2. The molecule has 1 aliphatic heterocycles. The fourth-order valence-electron chi connectivity index (χ4n) is 1.54. The monoisotopic (exact) mass is 236 g/mol. The van der Waals surface area contributed by atoms with E-state index >= 15 is 0 Å². The average Bonchev–Trinajstić information content (AvgIpc) is 2.29. The largest absolute Gasteiger partial charge is 0.342 e. The minimum absolute atomic E-state index is 0.133. The quantitative estimate of drug-likeness (QED) is 0.589. The highest BCUT2D eigenvalue weighted by molar-refractivity contribution is 7.78. The van der Waals surface area contributed by atoms with Gasteiger partial charge >= 0.3 is 0 Å². The summed E-state index contributed by atoms with van der Waals surface area (Å²) in [6, 6.07) is 9.03. The number of amides is 2. The molecule has 2 amide bonds. The average molecular weight is 236 g/mol. The second kappa shape index (κ2) is 4.57. The Labute approximate surface area is 99.2 Å². The molecule has 0 saturated carbocycles. The molecule has 16 heavy (non-hydrogen) atoms. The van der Waals surface area contributed by atoms with E-state index in [4.69, 9.17) is 0 Å². The van der Waals surface area contributed by atoms with Gasteiger partial charge in [0.25, 0.3) is 5.91 Å². The van der Waals surface area contributed by atoms with Crippen molar-refractivity contribution in [2.24, 2.45) is 0 Å². The third-order valence-electron chi connectivity index (χ3n) is 2.45. The predicted molar refractivity (Wildman–Crippen MR) is 62.8 cm³/mol. The summed E-state index contributed by atoms with van der Waals surface area (Å²) in [7, 11) is 0. The Hall–Kier alpha value is -1.49. The highest BCUT2D eigenvalue weighted by Gasteiger charge is 2.35. The number of carbonyl (C=O) groups is 2. The van der Waals surface area contributed by atoms with Crippen molar-refractivity contribution in [3.63, 3.8) is 0 Å². The SMILES string of the molecule is O=C(Cc1ccccc1)N[C@@H]1CN(S)C1=O. The maximum atomic E-state index is 11.6. The summed E-state index contributed by atoms with van der Waals surface area (Å²) in [5.74, 6) is -0.282. The highest BCUT2D eigenvalue weighted by Crippen LogP contribution is 2.12. The standard InChI is InChI=1S/C11H12N2O2S/c14-10(6-8-4-2-1-3-5-8)12-9-7-13(16)11(9)15/h1-5,9,16H,6-7H2,(H,12,14)/t9-/m1/s1. The summed E-state index contributed by atoms with van der Waals surface area (Å²) in [4.78, 5) is 22.7. The Morgan fingerprint density at radius 2 is 2.12 bits per heavy atom. The molecule has 0 spiro atoms. The summed E-state index contributed by atoms with van der Waals surface area (Å²) < 4.78 is 1.29. The van der Waals surface area contributed by atoms with E-state index in [-0.39, 0.29) is 11.8 Å². The van der Waals surface area contributed by atoms with E-state index in [9.17, 15) is 9.59 Å². The molecule has 1 N–H and O–H groups in total. The fourth-order valence-corrected chi connectivity index (χ4v) is 1.85. The Bertz CT molecular complexity index is 408. The van der Waals surface area contributed by atoms with E-state index in [1.165, 1.54) is 4.31 Å². The molecule has 1 saturated heterocycles. The van der Waals surface area contributed by atoms with Crippen molar-refractivity contribution in [1.29, 1.82) is 0 Å². The number of rotatable bonds is 3. The van der Waals surface area contributed by atoms with E-state index in [0.29, 0.717) is 13.0 Å². The minimum Gasteiger partial charge on any atom is -0.342 e. The summed E-state index contributed by atoms with van der Waals surface area (Å²) in [6.07, 6.45) is 0.303. The van der Waals surface area contributed by atoms with Crippen LogP contribution in [0.1, 0.15) is 5.56 Å². The first-order valence-corrected chi connectivity index (χ1v) is 5.40. The van der Waals surface area contributed by atoms with Gasteiger partial charge in [0.1, 0.15) is 6.04 Å². The maximum Gasteiger partial charge on any atom is 0.256 e. The van der Waals surface area contributed by atoms with Crippen LogP contribution in [-0.2, 0) is 16.0 Å². The van der Waals surface area contributed by atoms with Crippen LogP contribution in [0.25, 0.3) is 0 Å². The summed E-state index contributed by atoms with van der Waals surface area (Å²) in [5.41, 5.74) is 0.939. The Morgan fingerprint density at radius 1 is 1.44 bits per heavy atom. The molecule has 1 heterocycles. The number of hydrogen-bond acceptors (Lipinski definition) is 3. The molecule has 0 aromatic heterocycles. The van der Waals surface area contributed by atoms with E-state index in [0.717, 1.165) is 5.56 Å². The molecule has 5 heteroatoms. The minimum atomic E-state index is -0.395. The Kier molecular flexibility index (Phi) is 3.14. The Balaban J connectivity index is 1.84. The van der Waals surface area contributed by atoms with Crippen LogP contribution in [0, 0.1) is 0 Å². The molecule has 4 nitrogen and oxygen atoms in total. The van der Waals surface area contributed by atoms with Gasteiger partial charge in [0, 0.05) is 0 Å². The molecule has 1 atom stereocenters. The van der Waals surface area contributed by atoms with Crippen molar-refractivity contribution in [2.45, 2.75) is 12.5 Å². The van der Waals surface area contributed by atoms with Gasteiger partial charge in [-0.05, 0) is 5.56 Å². The molecule has 0 bridgehead atoms. The molecule has 84 valence electrons. The van der Waals surface area contributed by atoms with Gasteiger partial charge in [-0.15, -0.1) is 0 Å². The number of carbonyl (C=O) groups excluding carboxylic acids is 2. The van der Waals surface area contributed by atoms with Gasteiger partial charge in [0.05, 0.1) is 13.0 Å². The van der Waals surface area contributed by atoms with E-state index in [1.54, 1.807) is 0 Å².